The Hall–Kier alpha value is -2.06. The first-order valence-corrected chi connectivity index (χ1v) is 9.18. The topological polar surface area (TPSA) is 69.5 Å². The van der Waals surface area contributed by atoms with Gasteiger partial charge in [0.25, 0.3) is 0 Å². The van der Waals surface area contributed by atoms with E-state index in [4.69, 9.17) is 9.47 Å². The highest BCUT2D eigenvalue weighted by Crippen LogP contribution is 2.18. The summed E-state index contributed by atoms with van der Waals surface area (Å²) in [4.78, 5) is 14.0. The average molecular weight is 362 g/mol. The summed E-state index contributed by atoms with van der Waals surface area (Å²) in [5.74, 6) is 1.99. The van der Waals surface area contributed by atoms with Gasteiger partial charge in [-0.2, -0.15) is 0 Å². The highest BCUT2D eigenvalue weighted by atomic mass is 32.2. The van der Waals surface area contributed by atoms with Crippen LogP contribution in [0.3, 0.4) is 0 Å². The number of hydrogen-bond acceptors (Lipinski definition) is 6. The summed E-state index contributed by atoms with van der Waals surface area (Å²) in [6.45, 7) is 4.91. The number of carbonyl (C=O) groups is 1. The van der Waals surface area contributed by atoms with E-state index in [9.17, 15) is 4.79 Å². The van der Waals surface area contributed by atoms with Crippen LogP contribution in [0.25, 0.3) is 0 Å². The number of aryl methyl sites for hydroxylation is 1. The number of benzene rings is 1. The Morgan fingerprint density at radius 2 is 2.12 bits per heavy atom. The zero-order valence-corrected chi connectivity index (χ0v) is 15.3. The van der Waals surface area contributed by atoms with Crippen molar-refractivity contribution in [1.82, 2.24) is 19.7 Å². The molecule has 0 spiro atoms. The van der Waals surface area contributed by atoms with E-state index in [1.165, 1.54) is 11.8 Å². The summed E-state index contributed by atoms with van der Waals surface area (Å²) in [6, 6.07) is 7.88. The highest BCUT2D eigenvalue weighted by Gasteiger charge is 2.18. The first-order valence-electron chi connectivity index (χ1n) is 8.19. The number of ether oxygens (including phenoxy) is 2. The maximum Gasteiger partial charge on any atom is 0.233 e. The molecule has 1 saturated heterocycles. The standard InChI is InChI=1S/C17H22N4O3S/c1-13-4-3-5-14(10-13)24-11-15-18-19-17(20(15)2)25-12-16(22)21-6-8-23-9-7-21/h3-5,10H,6-9,11-12H2,1-2H3. The van der Waals surface area contributed by atoms with E-state index in [1.807, 2.05) is 47.7 Å². The second kappa shape index (κ2) is 8.35. The maximum atomic E-state index is 12.2. The molecule has 134 valence electrons. The van der Waals surface area contributed by atoms with E-state index in [0.717, 1.165) is 17.1 Å². The van der Waals surface area contributed by atoms with Gasteiger partial charge in [0.15, 0.2) is 11.0 Å². The Morgan fingerprint density at radius 1 is 1.32 bits per heavy atom. The Balaban J connectivity index is 1.53. The van der Waals surface area contributed by atoms with Crippen LogP contribution < -0.4 is 4.74 Å². The third-order valence-electron chi connectivity index (χ3n) is 3.97. The van der Waals surface area contributed by atoms with Gasteiger partial charge in [0, 0.05) is 20.1 Å². The lowest BCUT2D eigenvalue weighted by molar-refractivity contribution is -0.132. The smallest absolute Gasteiger partial charge is 0.233 e. The zero-order valence-electron chi connectivity index (χ0n) is 14.5. The minimum absolute atomic E-state index is 0.105. The quantitative estimate of drug-likeness (QED) is 0.728. The molecular weight excluding hydrogens is 340 g/mol. The van der Waals surface area contributed by atoms with Gasteiger partial charge in [-0.25, -0.2) is 0 Å². The molecule has 0 unspecified atom stereocenters. The molecular formula is C17H22N4O3S. The van der Waals surface area contributed by atoms with Gasteiger partial charge in [-0.05, 0) is 24.6 Å². The van der Waals surface area contributed by atoms with Crippen molar-refractivity contribution in [3.63, 3.8) is 0 Å². The van der Waals surface area contributed by atoms with E-state index < -0.39 is 0 Å². The van der Waals surface area contributed by atoms with Gasteiger partial charge < -0.3 is 18.9 Å². The summed E-state index contributed by atoms with van der Waals surface area (Å²) >= 11 is 1.40. The molecule has 1 aromatic carbocycles. The first-order chi connectivity index (χ1) is 12.1. The molecule has 1 aliphatic rings. The molecule has 8 heteroatoms. The number of morpholine rings is 1. The highest BCUT2D eigenvalue weighted by molar-refractivity contribution is 7.99. The zero-order chi connectivity index (χ0) is 17.6. The SMILES string of the molecule is Cc1cccc(OCc2nnc(SCC(=O)N3CCOCC3)n2C)c1. The normalized spacial score (nSPS) is 14.6. The molecule has 0 radical (unpaired) electrons. The molecule has 25 heavy (non-hydrogen) atoms. The summed E-state index contributed by atoms with van der Waals surface area (Å²) < 4.78 is 12.9. The maximum absolute atomic E-state index is 12.2. The van der Waals surface area contributed by atoms with Crippen LogP contribution in [0.4, 0.5) is 0 Å². The third kappa shape index (κ3) is 4.73. The lowest BCUT2D eigenvalue weighted by atomic mass is 10.2. The van der Waals surface area contributed by atoms with Crippen molar-refractivity contribution in [2.75, 3.05) is 32.1 Å². The number of carbonyl (C=O) groups excluding carboxylic acids is 1. The summed E-state index contributed by atoms with van der Waals surface area (Å²) in [7, 11) is 1.89. The van der Waals surface area contributed by atoms with Crippen molar-refractivity contribution in [2.24, 2.45) is 7.05 Å². The lowest BCUT2D eigenvalue weighted by Gasteiger charge is -2.26. The van der Waals surface area contributed by atoms with Crippen LogP contribution in [0.1, 0.15) is 11.4 Å². The van der Waals surface area contributed by atoms with Crippen molar-refractivity contribution < 1.29 is 14.3 Å². The predicted octanol–water partition coefficient (Wildman–Crippen LogP) is 1.65. The second-order valence-corrected chi connectivity index (χ2v) is 6.79. The van der Waals surface area contributed by atoms with Gasteiger partial charge in [-0.15, -0.1) is 10.2 Å². The van der Waals surface area contributed by atoms with E-state index in [0.29, 0.717) is 43.8 Å². The predicted molar refractivity (Wildman–Crippen MR) is 94.6 cm³/mol. The second-order valence-electron chi connectivity index (χ2n) is 5.84. The van der Waals surface area contributed by atoms with Crippen molar-refractivity contribution in [1.29, 1.82) is 0 Å². The van der Waals surface area contributed by atoms with Crippen LogP contribution in [0.2, 0.25) is 0 Å². The molecule has 0 saturated carbocycles. The van der Waals surface area contributed by atoms with E-state index in [-0.39, 0.29) is 5.91 Å². The number of hydrogen-bond donors (Lipinski definition) is 0. The van der Waals surface area contributed by atoms with Crippen LogP contribution in [0.5, 0.6) is 5.75 Å². The Bertz CT molecular complexity index is 728. The van der Waals surface area contributed by atoms with Gasteiger partial charge in [0.2, 0.25) is 5.91 Å². The van der Waals surface area contributed by atoms with Crippen molar-refractivity contribution in [3.05, 3.63) is 35.7 Å². The van der Waals surface area contributed by atoms with Crippen molar-refractivity contribution in [2.45, 2.75) is 18.7 Å². The Morgan fingerprint density at radius 3 is 2.88 bits per heavy atom. The fourth-order valence-electron chi connectivity index (χ4n) is 2.48. The van der Waals surface area contributed by atoms with Crippen LogP contribution in [0.15, 0.2) is 29.4 Å². The van der Waals surface area contributed by atoms with Gasteiger partial charge >= 0.3 is 0 Å². The number of rotatable bonds is 6. The summed E-state index contributed by atoms with van der Waals surface area (Å²) in [6.07, 6.45) is 0. The Labute approximate surface area is 151 Å². The third-order valence-corrected chi connectivity index (χ3v) is 4.98. The van der Waals surface area contributed by atoms with Gasteiger partial charge in [0.1, 0.15) is 12.4 Å². The monoisotopic (exact) mass is 362 g/mol. The van der Waals surface area contributed by atoms with E-state index in [1.54, 1.807) is 0 Å². The Kier molecular flexibility index (Phi) is 5.93. The minimum atomic E-state index is 0.105. The molecule has 2 heterocycles. The van der Waals surface area contributed by atoms with Crippen LogP contribution in [0, 0.1) is 6.92 Å². The fourth-order valence-corrected chi connectivity index (χ4v) is 3.31. The number of thioether (sulfide) groups is 1. The van der Waals surface area contributed by atoms with Crippen LogP contribution in [-0.2, 0) is 23.2 Å². The first kappa shape index (κ1) is 17.8. The number of aromatic nitrogens is 3. The number of nitrogens with zero attached hydrogens (tertiary/aromatic N) is 4. The van der Waals surface area contributed by atoms with E-state index in [2.05, 4.69) is 10.2 Å². The molecule has 2 aromatic rings. The molecule has 0 N–H and O–H groups in total. The van der Waals surface area contributed by atoms with Crippen molar-refractivity contribution in [3.8, 4) is 5.75 Å². The van der Waals surface area contributed by atoms with Crippen molar-refractivity contribution >= 4 is 17.7 Å². The largest absolute Gasteiger partial charge is 0.486 e. The molecule has 0 bridgehead atoms. The lowest BCUT2D eigenvalue weighted by Crippen LogP contribution is -2.41. The fraction of sp³-hybridized carbons (Fsp3) is 0.471. The molecule has 3 rings (SSSR count). The molecule has 1 aliphatic heterocycles. The molecule has 1 fully saturated rings. The van der Waals surface area contributed by atoms with Crippen LogP contribution >= 0.6 is 11.8 Å². The molecule has 1 aromatic heterocycles. The number of amides is 1. The molecule has 0 atom stereocenters. The van der Waals surface area contributed by atoms with Crippen LogP contribution in [-0.4, -0.2) is 57.6 Å². The molecule has 0 aliphatic carbocycles. The van der Waals surface area contributed by atoms with E-state index >= 15 is 0 Å². The average Bonchev–Trinajstić information content (AvgIpc) is 2.98. The summed E-state index contributed by atoms with van der Waals surface area (Å²) in [5, 5.41) is 9.04. The van der Waals surface area contributed by atoms with Gasteiger partial charge in [0.05, 0.1) is 19.0 Å². The van der Waals surface area contributed by atoms with Gasteiger partial charge in [-0.3, -0.25) is 4.79 Å². The molecule has 1 amide bonds. The molecule has 7 nitrogen and oxygen atoms in total. The minimum Gasteiger partial charge on any atom is -0.486 e. The summed E-state index contributed by atoms with van der Waals surface area (Å²) in [5.41, 5.74) is 1.15. The van der Waals surface area contributed by atoms with Gasteiger partial charge in [-0.1, -0.05) is 23.9 Å².